The Labute approximate surface area is 192 Å². The molecule has 1 atom stereocenters. The van der Waals surface area contributed by atoms with Crippen molar-refractivity contribution in [2.75, 3.05) is 26.2 Å². The predicted octanol–water partition coefficient (Wildman–Crippen LogP) is 3.86. The molecular formula is C23H27BrN2O4S. The summed E-state index contributed by atoms with van der Waals surface area (Å²) >= 11 is 3.32. The van der Waals surface area contributed by atoms with E-state index < -0.39 is 10.0 Å². The van der Waals surface area contributed by atoms with Gasteiger partial charge in [-0.25, -0.2) is 13.1 Å². The normalized spacial score (nSPS) is 19.5. The maximum Gasteiger partial charge on any atom is 0.240 e. The molecule has 0 aromatic heterocycles. The van der Waals surface area contributed by atoms with Crippen molar-refractivity contribution >= 4 is 31.7 Å². The molecule has 1 N–H and O–H groups in total. The molecule has 1 saturated heterocycles. The highest BCUT2D eigenvalue weighted by Crippen LogP contribution is 2.32. The summed E-state index contributed by atoms with van der Waals surface area (Å²) in [5, 5.41) is 0. The number of hydrogen-bond acceptors (Lipinski definition) is 5. The van der Waals surface area contributed by atoms with E-state index in [9.17, 15) is 13.2 Å². The third-order valence-corrected chi connectivity index (χ3v) is 7.76. The Kier molecular flexibility index (Phi) is 7.11. The highest BCUT2D eigenvalue weighted by molar-refractivity contribution is 9.10. The van der Waals surface area contributed by atoms with Crippen LogP contribution in [-0.2, 0) is 10.0 Å². The molecule has 2 fully saturated rings. The molecule has 1 heterocycles. The molecular weight excluding hydrogens is 480 g/mol. The quantitative estimate of drug-likeness (QED) is 0.391. The van der Waals surface area contributed by atoms with Crippen molar-refractivity contribution in [1.82, 2.24) is 9.62 Å². The van der Waals surface area contributed by atoms with Gasteiger partial charge in [-0.05, 0) is 80.8 Å². The van der Waals surface area contributed by atoms with Crippen LogP contribution in [0.5, 0.6) is 5.75 Å². The Balaban J connectivity index is 1.17. The lowest BCUT2D eigenvalue weighted by Gasteiger charge is -2.17. The number of sulfonamides is 1. The third kappa shape index (κ3) is 6.16. The lowest BCUT2D eigenvalue weighted by molar-refractivity contribution is 0.0967. The van der Waals surface area contributed by atoms with Gasteiger partial charge in [-0.3, -0.25) is 4.79 Å². The fourth-order valence-electron chi connectivity index (χ4n) is 3.81. The van der Waals surface area contributed by atoms with Gasteiger partial charge in [0, 0.05) is 35.1 Å². The van der Waals surface area contributed by atoms with E-state index in [1.165, 1.54) is 0 Å². The summed E-state index contributed by atoms with van der Waals surface area (Å²) in [7, 11) is -3.50. The van der Waals surface area contributed by atoms with E-state index in [4.69, 9.17) is 4.74 Å². The van der Waals surface area contributed by atoms with Crippen LogP contribution in [0.25, 0.3) is 0 Å². The second-order valence-electron chi connectivity index (χ2n) is 8.23. The SMILES string of the molecule is O=C(c1ccc(OCCCN2CC[C@H](NS(=O)(=O)c3ccc(Br)cc3)C2)cc1)C1CC1. The maximum atomic E-state index is 12.5. The molecule has 2 aromatic carbocycles. The molecule has 1 saturated carbocycles. The summed E-state index contributed by atoms with van der Waals surface area (Å²) < 4.78 is 34.6. The topological polar surface area (TPSA) is 75.7 Å². The molecule has 8 heteroatoms. The largest absolute Gasteiger partial charge is 0.494 e. The molecule has 0 unspecified atom stereocenters. The van der Waals surface area contributed by atoms with E-state index in [-0.39, 0.29) is 22.6 Å². The molecule has 2 aromatic rings. The zero-order chi connectivity index (χ0) is 21.8. The van der Waals surface area contributed by atoms with Crippen LogP contribution in [0.1, 0.15) is 36.0 Å². The van der Waals surface area contributed by atoms with Gasteiger partial charge in [0.2, 0.25) is 10.0 Å². The molecule has 1 aliphatic carbocycles. The first-order chi connectivity index (χ1) is 14.9. The van der Waals surface area contributed by atoms with Gasteiger partial charge in [0.25, 0.3) is 0 Å². The van der Waals surface area contributed by atoms with E-state index in [2.05, 4.69) is 25.6 Å². The first-order valence-corrected chi connectivity index (χ1v) is 13.0. The minimum absolute atomic E-state index is 0.0777. The lowest BCUT2D eigenvalue weighted by atomic mass is 10.1. The molecule has 0 bridgehead atoms. The van der Waals surface area contributed by atoms with Crippen LogP contribution in [0.4, 0.5) is 0 Å². The molecule has 1 aliphatic heterocycles. The van der Waals surface area contributed by atoms with E-state index in [1.807, 2.05) is 24.3 Å². The maximum absolute atomic E-state index is 12.5. The average molecular weight is 507 g/mol. The number of hydrogen-bond donors (Lipinski definition) is 1. The summed E-state index contributed by atoms with van der Waals surface area (Å²) in [4.78, 5) is 14.6. The van der Waals surface area contributed by atoms with Gasteiger partial charge in [0.15, 0.2) is 5.78 Å². The van der Waals surface area contributed by atoms with Crippen molar-refractivity contribution in [3.05, 3.63) is 58.6 Å². The highest BCUT2D eigenvalue weighted by Gasteiger charge is 2.30. The number of ether oxygens (including phenoxy) is 1. The molecule has 4 rings (SSSR count). The summed E-state index contributed by atoms with van der Waals surface area (Å²) in [6.45, 7) is 3.01. The molecule has 0 amide bonds. The Morgan fingerprint density at radius 2 is 1.77 bits per heavy atom. The van der Waals surface area contributed by atoms with E-state index in [0.29, 0.717) is 13.2 Å². The van der Waals surface area contributed by atoms with Gasteiger partial charge in [0.05, 0.1) is 11.5 Å². The molecule has 31 heavy (non-hydrogen) atoms. The lowest BCUT2D eigenvalue weighted by Crippen LogP contribution is -2.37. The summed E-state index contributed by atoms with van der Waals surface area (Å²) in [5.74, 6) is 1.25. The molecule has 6 nitrogen and oxygen atoms in total. The van der Waals surface area contributed by atoms with E-state index in [1.54, 1.807) is 24.3 Å². The van der Waals surface area contributed by atoms with E-state index in [0.717, 1.165) is 54.6 Å². The number of halogens is 1. The summed E-state index contributed by atoms with van der Waals surface area (Å²) in [5.41, 5.74) is 0.767. The Morgan fingerprint density at radius 1 is 1.06 bits per heavy atom. The van der Waals surface area contributed by atoms with Gasteiger partial charge < -0.3 is 9.64 Å². The number of nitrogens with zero attached hydrogens (tertiary/aromatic N) is 1. The van der Waals surface area contributed by atoms with Crippen LogP contribution in [0.2, 0.25) is 0 Å². The van der Waals surface area contributed by atoms with Gasteiger partial charge in [-0.15, -0.1) is 0 Å². The Morgan fingerprint density at radius 3 is 2.45 bits per heavy atom. The van der Waals surface area contributed by atoms with Crippen molar-refractivity contribution in [1.29, 1.82) is 0 Å². The Bertz CT molecular complexity index is 1000. The minimum atomic E-state index is -3.50. The van der Waals surface area contributed by atoms with Crippen molar-refractivity contribution < 1.29 is 17.9 Å². The second kappa shape index (κ2) is 9.81. The smallest absolute Gasteiger partial charge is 0.240 e. The molecule has 166 valence electrons. The van der Waals surface area contributed by atoms with Crippen molar-refractivity contribution in [2.45, 2.75) is 36.6 Å². The summed E-state index contributed by atoms with van der Waals surface area (Å²) in [6, 6.07) is 14.0. The number of carbonyl (C=O) groups excluding carboxylic acids is 1. The molecule has 0 spiro atoms. The first-order valence-electron chi connectivity index (χ1n) is 10.7. The predicted molar refractivity (Wildman–Crippen MR) is 123 cm³/mol. The monoisotopic (exact) mass is 506 g/mol. The van der Waals surface area contributed by atoms with Gasteiger partial charge >= 0.3 is 0 Å². The second-order valence-corrected chi connectivity index (χ2v) is 10.9. The van der Waals surface area contributed by atoms with Crippen LogP contribution in [0, 0.1) is 5.92 Å². The van der Waals surface area contributed by atoms with Crippen LogP contribution in [0.15, 0.2) is 57.9 Å². The number of carbonyl (C=O) groups is 1. The van der Waals surface area contributed by atoms with Crippen LogP contribution in [-0.4, -0.2) is 51.4 Å². The minimum Gasteiger partial charge on any atom is -0.494 e. The number of ketones is 1. The zero-order valence-electron chi connectivity index (χ0n) is 17.3. The Hall–Kier alpha value is -1.74. The fourth-order valence-corrected chi connectivity index (χ4v) is 5.33. The van der Waals surface area contributed by atoms with Crippen molar-refractivity contribution in [2.24, 2.45) is 5.92 Å². The van der Waals surface area contributed by atoms with Gasteiger partial charge in [-0.1, -0.05) is 15.9 Å². The van der Waals surface area contributed by atoms with Crippen molar-refractivity contribution in [3.8, 4) is 5.75 Å². The number of nitrogens with one attached hydrogen (secondary N) is 1. The van der Waals surface area contributed by atoms with Crippen LogP contribution in [0.3, 0.4) is 0 Å². The van der Waals surface area contributed by atoms with Crippen LogP contribution < -0.4 is 9.46 Å². The third-order valence-electron chi connectivity index (χ3n) is 5.69. The average Bonchev–Trinajstić information content (AvgIpc) is 3.52. The zero-order valence-corrected chi connectivity index (χ0v) is 19.7. The number of rotatable bonds is 10. The molecule has 0 radical (unpaired) electrons. The highest BCUT2D eigenvalue weighted by atomic mass is 79.9. The number of Topliss-reactive ketones (excluding diaryl/α,β-unsaturated/α-hetero) is 1. The fraction of sp³-hybridized carbons (Fsp3) is 0.435. The standard InChI is InChI=1S/C23H27BrN2O4S/c24-19-6-10-22(11-7-19)31(28,29)25-20-12-14-26(16-20)13-1-15-30-21-8-4-18(5-9-21)23(27)17-2-3-17/h4-11,17,20,25H,1-3,12-16H2/t20-/m0/s1. The van der Waals surface area contributed by atoms with Crippen LogP contribution >= 0.6 is 15.9 Å². The number of likely N-dealkylation sites (tertiary alicyclic amines) is 1. The van der Waals surface area contributed by atoms with E-state index >= 15 is 0 Å². The van der Waals surface area contributed by atoms with Gasteiger partial charge in [0.1, 0.15) is 5.75 Å². The summed E-state index contributed by atoms with van der Waals surface area (Å²) in [6.07, 6.45) is 3.68. The van der Waals surface area contributed by atoms with Crippen molar-refractivity contribution in [3.63, 3.8) is 0 Å². The van der Waals surface area contributed by atoms with Gasteiger partial charge in [-0.2, -0.15) is 0 Å². The number of benzene rings is 2. The molecule has 2 aliphatic rings. The first kappa shape index (κ1) is 22.5.